The molecule has 0 saturated heterocycles. The van der Waals surface area contributed by atoms with Gasteiger partial charge >= 0.3 is 0 Å². The molecule has 2 aromatic heterocycles. The number of ether oxygens (including phenoxy) is 1. The third kappa shape index (κ3) is 2.02. The number of hydrogen-bond acceptors (Lipinski definition) is 5. The molecule has 0 aliphatic heterocycles. The smallest absolute Gasteiger partial charge is 0.181 e. The number of nitrogens with one attached hydrogen (secondary N) is 1. The quantitative estimate of drug-likeness (QED) is 0.731. The maximum Gasteiger partial charge on any atom is 0.181 e. The number of benzene rings is 1. The summed E-state index contributed by atoms with van der Waals surface area (Å²) in [6.07, 6.45) is 3.14. The lowest BCUT2D eigenvalue weighted by Gasteiger charge is -2.04. The van der Waals surface area contributed by atoms with E-state index in [-0.39, 0.29) is 0 Å². The van der Waals surface area contributed by atoms with Crippen LogP contribution in [0.25, 0.3) is 11.2 Å². The SMILES string of the molecule is COc1cccc(Sc2ncnc3nc[nH]c23)c1. The van der Waals surface area contributed by atoms with Crippen molar-refractivity contribution in [2.24, 2.45) is 0 Å². The normalized spacial score (nSPS) is 10.7. The van der Waals surface area contributed by atoms with Gasteiger partial charge in [0.15, 0.2) is 5.65 Å². The van der Waals surface area contributed by atoms with Gasteiger partial charge in [-0.15, -0.1) is 0 Å². The summed E-state index contributed by atoms with van der Waals surface area (Å²) >= 11 is 1.55. The first kappa shape index (κ1) is 11.0. The van der Waals surface area contributed by atoms with Crippen molar-refractivity contribution in [3.05, 3.63) is 36.9 Å². The molecule has 0 unspecified atom stereocenters. The Morgan fingerprint density at radius 3 is 3.06 bits per heavy atom. The molecule has 0 radical (unpaired) electrons. The number of fused-ring (bicyclic) bond motifs is 1. The minimum atomic E-state index is 0.676. The van der Waals surface area contributed by atoms with Gasteiger partial charge in [-0.25, -0.2) is 15.0 Å². The predicted octanol–water partition coefficient (Wildman–Crippen LogP) is 2.51. The Bertz CT molecular complexity index is 682. The molecular formula is C12H10N4OS. The number of aromatic amines is 1. The lowest BCUT2D eigenvalue weighted by atomic mass is 10.3. The first-order valence-corrected chi connectivity index (χ1v) is 6.14. The van der Waals surface area contributed by atoms with Gasteiger partial charge in [-0.05, 0) is 18.2 Å². The fraction of sp³-hybridized carbons (Fsp3) is 0.0833. The average molecular weight is 258 g/mol. The highest BCUT2D eigenvalue weighted by molar-refractivity contribution is 7.99. The van der Waals surface area contributed by atoms with Crippen molar-refractivity contribution in [2.75, 3.05) is 7.11 Å². The molecule has 0 aliphatic carbocycles. The van der Waals surface area contributed by atoms with Gasteiger partial charge in [0.2, 0.25) is 0 Å². The van der Waals surface area contributed by atoms with Crippen LogP contribution in [0, 0.1) is 0 Å². The van der Waals surface area contributed by atoms with Gasteiger partial charge in [0.1, 0.15) is 22.6 Å². The van der Waals surface area contributed by atoms with Crippen LogP contribution in [0.4, 0.5) is 0 Å². The summed E-state index contributed by atoms with van der Waals surface area (Å²) in [5.74, 6) is 0.829. The standard InChI is InChI=1S/C12H10N4OS/c1-17-8-3-2-4-9(5-8)18-12-10-11(14-6-13-10)15-7-16-12/h2-7H,1H3,(H,13,14,15,16). The van der Waals surface area contributed by atoms with Crippen molar-refractivity contribution >= 4 is 22.9 Å². The number of aromatic nitrogens is 4. The van der Waals surface area contributed by atoms with E-state index in [1.165, 1.54) is 6.33 Å². The lowest BCUT2D eigenvalue weighted by molar-refractivity contribution is 0.413. The van der Waals surface area contributed by atoms with Crippen molar-refractivity contribution < 1.29 is 4.74 Å². The molecule has 5 nitrogen and oxygen atoms in total. The monoisotopic (exact) mass is 258 g/mol. The van der Waals surface area contributed by atoms with E-state index in [2.05, 4.69) is 19.9 Å². The van der Waals surface area contributed by atoms with Crippen LogP contribution in [-0.4, -0.2) is 27.0 Å². The maximum absolute atomic E-state index is 5.20. The Morgan fingerprint density at radius 1 is 1.22 bits per heavy atom. The van der Waals surface area contributed by atoms with E-state index in [1.807, 2.05) is 24.3 Å². The van der Waals surface area contributed by atoms with Gasteiger partial charge in [0.05, 0.1) is 13.4 Å². The molecule has 0 aliphatic rings. The van der Waals surface area contributed by atoms with Crippen LogP contribution in [0.3, 0.4) is 0 Å². The molecule has 0 atom stereocenters. The lowest BCUT2D eigenvalue weighted by Crippen LogP contribution is -1.86. The van der Waals surface area contributed by atoms with Crippen LogP contribution in [-0.2, 0) is 0 Å². The Balaban J connectivity index is 1.98. The molecule has 18 heavy (non-hydrogen) atoms. The maximum atomic E-state index is 5.20. The Kier molecular flexibility index (Phi) is 2.85. The zero-order valence-electron chi connectivity index (χ0n) is 9.62. The summed E-state index contributed by atoms with van der Waals surface area (Å²) in [6, 6.07) is 7.84. The van der Waals surface area contributed by atoms with Crippen LogP contribution >= 0.6 is 11.8 Å². The highest BCUT2D eigenvalue weighted by Gasteiger charge is 2.07. The van der Waals surface area contributed by atoms with Crippen molar-refractivity contribution in [1.82, 2.24) is 19.9 Å². The third-order valence-corrected chi connectivity index (χ3v) is 3.44. The predicted molar refractivity (Wildman–Crippen MR) is 68.8 cm³/mol. The van der Waals surface area contributed by atoms with Crippen LogP contribution in [0.5, 0.6) is 5.75 Å². The second-order valence-electron chi connectivity index (χ2n) is 3.56. The Hall–Kier alpha value is -2.08. The van der Waals surface area contributed by atoms with Crippen molar-refractivity contribution in [3.63, 3.8) is 0 Å². The average Bonchev–Trinajstić information content (AvgIpc) is 2.88. The molecule has 90 valence electrons. The van der Waals surface area contributed by atoms with E-state index >= 15 is 0 Å². The Labute approximate surface area is 108 Å². The molecule has 3 rings (SSSR count). The first-order chi connectivity index (χ1) is 8.86. The summed E-state index contributed by atoms with van der Waals surface area (Å²) in [7, 11) is 1.65. The van der Waals surface area contributed by atoms with E-state index in [0.717, 1.165) is 21.2 Å². The van der Waals surface area contributed by atoms with Crippen LogP contribution in [0.15, 0.2) is 46.8 Å². The number of H-pyrrole nitrogens is 1. The highest BCUT2D eigenvalue weighted by Crippen LogP contribution is 2.31. The minimum absolute atomic E-state index is 0.676. The largest absolute Gasteiger partial charge is 0.497 e. The molecular weight excluding hydrogens is 248 g/mol. The van der Waals surface area contributed by atoms with E-state index in [1.54, 1.807) is 25.2 Å². The molecule has 6 heteroatoms. The van der Waals surface area contributed by atoms with Crippen molar-refractivity contribution in [1.29, 1.82) is 0 Å². The molecule has 0 bridgehead atoms. The van der Waals surface area contributed by atoms with Crippen molar-refractivity contribution in [2.45, 2.75) is 9.92 Å². The summed E-state index contributed by atoms with van der Waals surface area (Å²) in [5, 5.41) is 0.853. The van der Waals surface area contributed by atoms with Crippen LogP contribution in [0.2, 0.25) is 0 Å². The first-order valence-electron chi connectivity index (χ1n) is 5.33. The minimum Gasteiger partial charge on any atom is -0.497 e. The molecule has 1 aromatic carbocycles. The second kappa shape index (κ2) is 4.66. The topological polar surface area (TPSA) is 63.7 Å². The molecule has 2 heterocycles. The number of hydrogen-bond donors (Lipinski definition) is 1. The van der Waals surface area contributed by atoms with E-state index in [0.29, 0.717) is 5.65 Å². The number of methoxy groups -OCH3 is 1. The number of imidazole rings is 1. The van der Waals surface area contributed by atoms with Gasteiger partial charge < -0.3 is 9.72 Å². The molecule has 0 amide bonds. The second-order valence-corrected chi connectivity index (χ2v) is 4.62. The van der Waals surface area contributed by atoms with E-state index in [4.69, 9.17) is 4.74 Å². The summed E-state index contributed by atoms with van der Waals surface area (Å²) in [4.78, 5) is 16.6. The number of nitrogens with zero attached hydrogens (tertiary/aromatic N) is 3. The Morgan fingerprint density at radius 2 is 2.17 bits per heavy atom. The summed E-state index contributed by atoms with van der Waals surface area (Å²) in [5.41, 5.74) is 1.53. The van der Waals surface area contributed by atoms with Crippen LogP contribution in [0.1, 0.15) is 0 Å². The molecule has 0 spiro atoms. The van der Waals surface area contributed by atoms with Crippen molar-refractivity contribution in [3.8, 4) is 5.75 Å². The molecule has 0 saturated carbocycles. The molecule has 3 aromatic rings. The van der Waals surface area contributed by atoms with E-state index < -0.39 is 0 Å². The zero-order chi connectivity index (χ0) is 12.4. The third-order valence-electron chi connectivity index (χ3n) is 2.44. The van der Waals surface area contributed by atoms with Gasteiger partial charge in [0, 0.05) is 4.90 Å². The van der Waals surface area contributed by atoms with Gasteiger partial charge in [-0.2, -0.15) is 0 Å². The number of rotatable bonds is 3. The highest BCUT2D eigenvalue weighted by atomic mass is 32.2. The van der Waals surface area contributed by atoms with Gasteiger partial charge in [0.25, 0.3) is 0 Å². The summed E-state index contributed by atoms with van der Waals surface area (Å²) < 4.78 is 5.20. The molecule has 1 N–H and O–H groups in total. The van der Waals surface area contributed by atoms with Crippen LogP contribution < -0.4 is 4.74 Å². The zero-order valence-corrected chi connectivity index (χ0v) is 10.4. The molecule has 0 fully saturated rings. The van der Waals surface area contributed by atoms with Gasteiger partial charge in [-0.1, -0.05) is 17.8 Å². The van der Waals surface area contributed by atoms with E-state index in [9.17, 15) is 0 Å². The summed E-state index contributed by atoms with van der Waals surface area (Å²) in [6.45, 7) is 0. The fourth-order valence-electron chi connectivity index (χ4n) is 1.60. The van der Waals surface area contributed by atoms with Gasteiger partial charge in [-0.3, -0.25) is 0 Å². The fourth-order valence-corrected chi connectivity index (χ4v) is 2.49.